The highest BCUT2D eigenvalue weighted by atomic mass is 16.4. The number of aliphatic carboxylic acids is 1. The molecule has 154 valence electrons. The Kier molecular flexibility index (Phi) is 7.41. The molecule has 2 heterocycles. The van der Waals surface area contributed by atoms with Gasteiger partial charge in [-0.2, -0.15) is 0 Å². The summed E-state index contributed by atoms with van der Waals surface area (Å²) in [7, 11) is 0. The number of carboxylic acids is 1. The van der Waals surface area contributed by atoms with Crippen LogP contribution in [0.15, 0.2) is 29.3 Å². The highest BCUT2D eigenvalue weighted by Gasteiger charge is 2.18. The Balaban J connectivity index is 2.28. The first-order valence-electron chi connectivity index (χ1n) is 9.50. The topological polar surface area (TPSA) is 114 Å². The van der Waals surface area contributed by atoms with Crippen LogP contribution in [-0.2, 0) is 17.8 Å². The van der Waals surface area contributed by atoms with Crippen LogP contribution in [0.3, 0.4) is 0 Å². The maximum Gasteiger partial charge on any atom is 0.328 e. The molecule has 0 saturated carbocycles. The zero-order valence-electron chi connectivity index (χ0n) is 17.1. The zero-order chi connectivity index (χ0) is 21.6. The smallest absolute Gasteiger partial charge is 0.328 e. The number of aromatic nitrogens is 3. The summed E-state index contributed by atoms with van der Waals surface area (Å²) in [4.78, 5) is 44.2. The minimum atomic E-state index is -1.08. The number of hydrogen-bond donors (Lipinski definition) is 2. The van der Waals surface area contributed by atoms with Gasteiger partial charge >= 0.3 is 5.97 Å². The summed E-state index contributed by atoms with van der Waals surface area (Å²) < 4.78 is 1.69. The predicted octanol–water partition coefficient (Wildman–Crippen LogP) is 2.91. The number of nitrogens with zero attached hydrogens (tertiary/aromatic N) is 3. The summed E-state index contributed by atoms with van der Waals surface area (Å²) in [5, 5.41) is 11.2. The average Bonchev–Trinajstić information content (AvgIpc) is 2.67. The molecule has 8 nitrogen and oxygen atoms in total. The molecule has 0 aliphatic rings. The molecule has 0 atom stereocenters. The Morgan fingerprint density at radius 1 is 1.28 bits per heavy atom. The van der Waals surface area contributed by atoms with Crippen molar-refractivity contribution in [3.8, 4) is 0 Å². The Morgan fingerprint density at radius 3 is 2.48 bits per heavy atom. The molecular formula is C21H26N4O4. The molecule has 2 N–H and O–H groups in total. The van der Waals surface area contributed by atoms with E-state index in [1.54, 1.807) is 10.6 Å². The monoisotopic (exact) mass is 398 g/mol. The number of pyridine rings is 1. The molecule has 1 amide bonds. The predicted molar refractivity (Wildman–Crippen MR) is 111 cm³/mol. The number of carboxylic acid groups (broad SMARTS) is 1. The van der Waals surface area contributed by atoms with E-state index in [4.69, 9.17) is 5.11 Å². The number of aryl methyl sites for hydroxylation is 1. The fourth-order valence-corrected chi connectivity index (χ4v) is 2.92. The van der Waals surface area contributed by atoms with Crippen LogP contribution in [0.5, 0.6) is 0 Å². The molecule has 8 heteroatoms. The van der Waals surface area contributed by atoms with Crippen LogP contribution in [0.2, 0.25) is 0 Å². The summed E-state index contributed by atoms with van der Waals surface area (Å²) in [6.45, 7) is 8.62. The Labute approximate surface area is 169 Å². The van der Waals surface area contributed by atoms with E-state index in [9.17, 15) is 14.4 Å². The Morgan fingerprint density at radius 2 is 1.93 bits per heavy atom. The summed E-state index contributed by atoms with van der Waals surface area (Å²) in [5.74, 6) is -1.19. The molecule has 29 heavy (non-hydrogen) atoms. The maximum absolute atomic E-state index is 12.9. The number of anilines is 1. The Hall–Kier alpha value is -3.29. The largest absolute Gasteiger partial charge is 0.478 e. The van der Waals surface area contributed by atoms with Crippen LogP contribution < -0.4 is 10.9 Å². The van der Waals surface area contributed by atoms with E-state index in [1.165, 1.54) is 18.5 Å². The van der Waals surface area contributed by atoms with Crippen LogP contribution in [0.4, 0.5) is 5.95 Å². The zero-order valence-corrected chi connectivity index (χ0v) is 17.1. The van der Waals surface area contributed by atoms with Crippen molar-refractivity contribution in [2.75, 3.05) is 5.32 Å². The van der Waals surface area contributed by atoms with Gasteiger partial charge in [0.15, 0.2) is 0 Å². The summed E-state index contributed by atoms with van der Waals surface area (Å²) in [5.41, 5.74) is 2.01. The van der Waals surface area contributed by atoms with Gasteiger partial charge in [0.25, 0.3) is 11.5 Å². The number of nitrogens with one attached hydrogen (secondary N) is 1. The van der Waals surface area contributed by atoms with E-state index in [1.807, 2.05) is 13.8 Å². The van der Waals surface area contributed by atoms with E-state index in [0.717, 1.165) is 23.8 Å². The third-order valence-corrected chi connectivity index (χ3v) is 4.44. The van der Waals surface area contributed by atoms with Gasteiger partial charge in [-0.25, -0.2) is 14.8 Å². The van der Waals surface area contributed by atoms with Gasteiger partial charge in [-0.15, -0.1) is 0 Å². The number of rotatable bonds is 8. The molecule has 0 saturated heterocycles. The molecule has 2 rings (SSSR count). The highest BCUT2D eigenvalue weighted by Crippen LogP contribution is 2.13. The first kappa shape index (κ1) is 22.0. The molecular weight excluding hydrogens is 372 g/mol. The van der Waals surface area contributed by atoms with Crippen molar-refractivity contribution in [3.63, 3.8) is 0 Å². The van der Waals surface area contributed by atoms with Crippen LogP contribution in [0, 0.1) is 12.8 Å². The van der Waals surface area contributed by atoms with E-state index >= 15 is 0 Å². The Bertz CT molecular complexity index is 975. The quantitative estimate of drug-likeness (QED) is 0.661. The van der Waals surface area contributed by atoms with Gasteiger partial charge in [-0.1, -0.05) is 20.8 Å². The van der Waals surface area contributed by atoms with Crippen molar-refractivity contribution in [2.45, 2.75) is 47.1 Å². The minimum absolute atomic E-state index is 0.0350. The first-order valence-corrected chi connectivity index (χ1v) is 9.50. The van der Waals surface area contributed by atoms with Gasteiger partial charge < -0.3 is 9.67 Å². The van der Waals surface area contributed by atoms with Gasteiger partial charge in [0.1, 0.15) is 5.56 Å². The second kappa shape index (κ2) is 9.77. The van der Waals surface area contributed by atoms with E-state index in [2.05, 4.69) is 29.1 Å². The molecule has 0 aliphatic carbocycles. The first-order chi connectivity index (χ1) is 13.7. The van der Waals surface area contributed by atoms with E-state index in [0.29, 0.717) is 24.4 Å². The fourth-order valence-electron chi connectivity index (χ4n) is 2.92. The van der Waals surface area contributed by atoms with E-state index < -0.39 is 11.9 Å². The number of amides is 1. The van der Waals surface area contributed by atoms with Crippen molar-refractivity contribution in [2.24, 2.45) is 5.92 Å². The summed E-state index contributed by atoms with van der Waals surface area (Å²) in [6.07, 6.45) is 6.62. The lowest BCUT2D eigenvalue weighted by molar-refractivity contribution is -0.131. The van der Waals surface area contributed by atoms with Crippen molar-refractivity contribution in [1.29, 1.82) is 0 Å². The van der Waals surface area contributed by atoms with Crippen LogP contribution in [0.1, 0.15) is 54.4 Å². The molecule has 0 unspecified atom stereocenters. The molecule has 0 spiro atoms. The lowest BCUT2D eigenvalue weighted by Crippen LogP contribution is -2.32. The van der Waals surface area contributed by atoms with Crippen molar-refractivity contribution < 1.29 is 14.7 Å². The molecule has 0 fully saturated rings. The third kappa shape index (κ3) is 5.84. The third-order valence-electron chi connectivity index (χ3n) is 4.44. The van der Waals surface area contributed by atoms with Crippen LogP contribution in [0.25, 0.3) is 6.08 Å². The van der Waals surface area contributed by atoms with Gasteiger partial charge in [0.05, 0.1) is 0 Å². The highest BCUT2D eigenvalue weighted by molar-refractivity contribution is 6.03. The van der Waals surface area contributed by atoms with Crippen LogP contribution in [-0.4, -0.2) is 31.5 Å². The molecule has 0 aliphatic heterocycles. The van der Waals surface area contributed by atoms with Gasteiger partial charge in [0, 0.05) is 36.3 Å². The lowest BCUT2D eigenvalue weighted by atomic mass is 10.1. The fraction of sp³-hybridized carbons (Fsp3) is 0.381. The van der Waals surface area contributed by atoms with Crippen molar-refractivity contribution in [3.05, 3.63) is 57.3 Å². The number of hydrogen-bond acceptors (Lipinski definition) is 5. The molecule has 2 aromatic rings. The van der Waals surface area contributed by atoms with Gasteiger partial charge in [-0.3, -0.25) is 14.9 Å². The van der Waals surface area contributed by atoms with Gasteiger partial charge in [-0.05, 0) is 43.4 Å². The lowest BCUT2D eigenvalue weighted by Gasteiger charge is -2.17. The van der Waals surface area contributed by atoms with Crippen molar-refractivity contribution in [1.82, 2.24) is 14.5 Å². The van der Waals surface area contributed by atoms with Gasteiger partial charge in [0.2, 0.25) is 5.95 Å². The number of carbonyl (C=O) groups is 2. The minimum Gasteiger partial charge on any atom is -0.478 e. The SMILES string of the molecule is CCc1c(C)cc(C(=O)Nc2ncc(/C=C/C(=O)O)cn2)c(=O)n1CCC(C)C. The second-order valence-corrected chi connectivity index (χ2v) is 7.15. The molecule has 0 aromatic carbocycles. The molecule has 0 bridgehead atoms. The average molecular weight is 398 g/mol. The maximum atomic E-state index is 12.9. The summed E-state index contributed by atoms with van der Waals surface area (Å²) in [6, 6.07) is 1.60. The van der Waals surface area contributed by atoms with E-state index in [-0.39, 0.29) is 17.1 Å². The standard InChI is InChI=1S/C21H26N4O4/c1-5-17-14(4)10-16(20(29)25(17)9-8-13(2)3)19(28)24-21-22-11-15(12-23-21)6-7-18(26)27/h6-7,10-13H,5,8-9H2,1-4H3,(H,26,27)(H,22,23,24,28)/b7-6+. The second-order valence-electron chi connectivity index (χ2n) is 7.15. The van der Waals surface area contributed by atoms with Crippen LogP contribution >= 0.6 is 0 Å². The molecule has 0 radical (unpaired) electrons. The summed E-state index contributed by atoms with van der Waals surface area (Å²) >= 11 is 0. The molecule has 2 aromatic heterocycles. The normalized spacial score (nSPS) is 11.2. The number of carbonyl (C=O) groups excluding carboxylic acids is 1. The van der Waals surface area contributed by atoms with Crippen molar-refractivity contribution >= 4 is 23.9 Å².